The molecule has 0 aliphatic carbocycles. The van der Waals surface area contributed by atoms with Crippen LogP contribution in [0.15, 0.2) is 50.8 Å². The number of ether oxygens (including phenoxy) is 2. The summed E-state index contributed by atoms with van der Waals surface area (Å²) < 4.78 is 24.7. The van der Waals surface area contributed by atoms with E-state index in [1.54, 1.807) is 31.4 Å². The fraction of sp³-hybridized carbons (Fsp3) is 0.158. The molecule has 0 atom stereocenters. The van der Waals surface area contributed by atoms with Gasteiger partial charge in [0.05, 0.1) is 28.8 Å². The molecule has 0 unspecified atom stereocenters. The van der Waals surface area contributed by atoms with E-state index in [9.17, 15) is 9.18 Å². The number of nitrogens with zero attached hydrogens (tertiary/aromatic N) is 1. The molecule has 1 aliphatic rings. The maximum absolute atomic E-state index is 13.0. The molecule has 0 saturated carbocycles. The smallest absolute Gasteiger partial charge is 0.264 e. The minimum absolute atomic E-state index is 0.246. The summed E-state index contributed by atoms with van der Waals surface area (Å²) in [6.07, 6.45) is 1.75. The molecule has 5 nitrogen and oxygen atoms in total. The highest BCUT2D eigenvalue weighted by Gasteiger charge is 2.24. The Morgan fingerprint density at radius 2 is 2.04 bits per heavy atom. The topological polar surface area (TPSA) is 59.9 Å². The first-order chi connectivity index (χ1) is 13.0. The molecule has 0 spiro atoms. The number of rotatable bonds is 5. The Bertz CT molecular complexity index is 929. The quantitative estimate of drug-likeness (QED) is 0.658. The number of hydrogen-bond donors (Lipinski definition) is 1. The fourth-order valence-corrected chi connectivity index (χ4v) is 3.79. The maximum atomic E-state index is 13.0. The standard InChI is InChI=1S/C19H16BrFN2O3S/c1-3-26-17-14(20)8-11(9-15(17)25-2)10-16-18(24)23-19(27-16)22-13-6-4-12(21)5-7-13/h4-10H,3H2,1-2H3,(H,22,23,24)/b16-10+. The first-order valence-corrected chi connectivity index (χ1v) is 9.66. The molecule has 3 rings (SSSR count). The summed E-state index contributed by atoms with van der Waals surface area (Å²) in [5, 5.41) is 3.15. The number of hydrogen-bond acceptors (Lipinski definition) is 5. The number of amidine groups is 1. The van der Waals surface area contributed by atoms with Crippen molar-refractivity contribution in [3.8, 4) is 11.5 Å². The molecule has 1 amide bonds. The van der Waals surface area contributed by atoms with E-state index < -0.39 is 0 Å². The van der Waals surface area contributed by atoms with Crippen LogP contribution in [0.1, 0.15) is 12.5 Å². The van der Waals surface area contributed by atoms with Gasteiger partial charge in [-0.05, 0) is 82.7 Å². The van der Waals surface area contributed by atoms with Gasteiger partial charge in [0.15, 0.2) is 16.7 Å². The van der Waals surface area contributed by atoms with E-state index in [-0.39, 0.29) is 11.7 Å². The van der Waals surface area contributed by atoms with Gasteiger partial charge in [0.1, 0.15) is 5.82 Å². The van der Waals surface area contributed by atoms with Gasteiger partial charge in [0.25, 0.3) is 5.91 Å². The summed E-state index contributed by atoms with van der Waals surface area (Å²) in [5.74, 6) is 0.605. The van der Waals surface area contributed by atoms with E-state index >= 15 is 0 Å². The Morgan fingerprint density at radius 1 is 1.30 bits per heavy atom. The van der Waals surface area contributed by atoms with Crippen LogP contribution in [0.25, 0.3) is 6.08 Å². The normalized spacial score (nSPS) is 16.7. The summed E-state index contributed by atoms with van der Waals surface area (Å²) in [7, 11) is 1.56. The van der Waals surface area contributed by atoms with Crippen LogP contribution in [0.3, 0.4) is 0 Å². The molecular formula is C19H16BrFN2O3S. The van der Waals surface area contributed by atoms with Gasteiger partial charge in [-0.3, -0.25) is 4.79 Å². The summed E-state index contributed by atoms with van der Waals surface area (Å²) in [5.41, 5.74) is 1.34. The van der Waals surface area contributed by atoms with Gasteiger partial charge >= 0.3 is 0 Å². The molecule has 1 saturated heterocycles. The predicted molar refractivity (Wildman–Crippen MR) is 109 cm³/mol. The fourth-order valence-electron chi connectivity index (χ4n) is 2.37. The van der Waals surface area contributed by atoms with Gasteiger partial charge in [-0.15, -0.1) is 0 Å². The molecule has 2 aromatic carbocycles. The lowest BCUT2D eigenvalue weighted by atomic mass is 10.2. The van der Waals surface area contributed by atoms with Gasteiger partial charge in [-0.25, -0.2) is 9.38 Å². The molecule has 1 N–H and O–H groups in total. The van der Waals surface area contributed by atoms with Gasteiger partial charge < -0.3 is 14.8 Å². The van der Waals surface area contributed by atoms with Crippen molar-refractivity contribution < 1.29 is 18.7 Å². The van der Waals surface area contributed by atoms with E-state index in [0.29, 0.717) is 33.9 Å². The number of carbonyl (C=O) groups is 1. The second kappa shape index (κ2) is 8.58. The van der Waals surface area contributed by atoms with E-state index in [1.807, 2.05) is 13.0 Å². The molecule has 140 valence electrons. The second-order valence-electron chi connectivity index (χ2n) is 5.43. The van der Waals surface area contributed by atoms with Crippen LogP contribution in [0.5, 0.6) is 11.5 Å². The Hall–Kier alpha value is -2.32. The van der Waals surface area contributed by atoms with Crippen LogP contribution in [0.4, 0.5) is 10.1 Å². The molecule has 27 heavy (non-hydrogen) atoms. The Balaban J connectivity index is 1.86. The molecule has 2 aromatic rings. The predicted octanol–water partition coefficient (Wildman–Crippen LogP) is 4.89. The van der Waals surface area contributed by atoms with E-state index in [1.165, 1.54) is 23.9 Å². The van der Waals surface area contributed by atoms with E-state index in [2.05, 4.69) is 26.2 Å². The number of aliphatic imine (C=N–C) groups is 1. The number of amides is 1. The van der Waals surface area contributed by atoms with Crippen molar-refractivity contribution in [1.82, 2.24) is 5.32 Å². The zero-order valence-corrected chi connectivity index (χ0v) is 17.0. The number of methoxy groups -OCH3 is 1. The first-order valence-electron chi connectivity index (χ1n) is 8.05. The van der Waals surface area contributed by atoms with Crippen molar-refractivity contribution in [2.45, 2.75) is 6.92 Å². The maximum Gasteiger partial charge on any atom is 0.264 e. The van der Waals surface area contributed by atoms with Crippen molar-refractivity contribution in [2.75, 3.05) is 13.7 Å². The lowest BCUT2D eigenvalue weighted by Gasteiger charge is -2.12. The number of benzene rings is 2. The Kier molecular flexibility index (Phi) is 6.18. The molecule has 0 aromatic heterocycles. The largest absolute Gasteiger partial charge is 0.493 e. The SMILES string of the molecule is CCOc1c(Br)cc(/C=C2/SC(=Nc3ccc(F)cc3)NC2=O)cc1OC. The van der Waals surface area contributed by atoms with Crippen molar-refractivity contribution >= 4 is 50.5 Å². The summed E-state index contributed by atoms with van der Waals surface area (Å²) in [4.78, 5) is 17.0. The highest BCUT2D eigenvalue weighted by molar-refractivity contribution is 9.10. The van der Waals surface area contributed by atoms with Gasteiger partial charge in [0.2, 0.25) is 0 Å². The van der Waals surface area contributed by atoms with Gasteiger partial charge in [0, 0.05) is 0 Å². The van der Waals surface area contributed by atoms with Crippen LogP contribution in [0, 0.1) is 5.82 Å². The van der Waals surface area contributed by atoms with Crippen LogP contribution in [-0.2, 0) is 4.79 Å². The third-order valence-electron chi connectivity index (χ3n) is 3.55. The lowest BCUT2D eigenvalue weighted by molar-refractivity contribution is -0.115. The highest BCUT2D eigenvalue weighted by atomic mass is 79.9. The average molecular weight is 451 g/mol. The summed E-state index contributed by atoms with van der Waals surface area (Å²) in [6, 6.07) is 9.38. The lowest BCUT2D eigenvalue weighted by Crippen LogP contribution is -2.19. The third-order valence-corrected chi connectivity index (χ3v) is 5.05. The molecule has 1 fully saturated rings. The van der Waals surface area contributed by atoms with Crippen LogP contribution >= 0.6 is 27.7 Å². The zero-order valence-electron chi connectivity index (χ0n) is 14.6. The molecule has 1 aliphatic heterocycles. The molecule has 1 heterocycles. The second-order valence-corrected chi connectivity index (χ2v) is 7.31. The Morgan fingerprint density at radius 3 is 2.70 bits per heavy atom. The Labute approximate surface area is 168 Å². The van der Waals surface area contributed by atoms with Crippen molar-refractivity contribution in [2.24, 2.45) is 4.99 Å². The van der Waals surface area contributed by atoms with E-state index in [0.717, 1.165) is 10.0 Å². The van der Waals surface area contributed by atoms with Crippen LogP contribution in [0.2, 0.25) is 0 Å². The molecule has 0 radical (unpaired) electrons. The van der Waals surface area contributed by atoms with Crippen LogP contribution < -0.4 is 14.8 Å². The average Bonchev–Trinajstić information content (AvgIpc) is 2.98. The highest BCUT2D eigenvalue weighted by Crippen LogP contribution is 2.38. The number of thioether (sulfide) groups is 1. The van der Waals surface area contributed by atoms with Crippen LogP contribution in [-0.4, -0.2) is 24.8 Å². The number of carbonyl (C=O) groups excluding carboxylic acids is 1. The van der Waals surface area contributed by atoms with E-state index in [4.69, 9.17) is 9.47 Å². The summed E-state index contributed by atoms with van der Waals surface area (Å²) >= 11 is 4.69. The minimum atomic E-state index is -0.335. The molecule has 8 heteroatoms. The number of halogens is 2. The van der Waals surface area contributed by atoms with Gasteiger partial charge in [-0.2, -0.15) is 0 Å². The number of nitrogens with one attached hydrogen (secondary N) is 1. The molecular weight excluding hydrogens is 435 g/mol. The monoisotopic (exact) mass is 450 g/mol. The first kappa shape index (κ1) is 19.4. The van der Waals surface area contributed by atoms with Gasteiger partial charge in [-0.1, -0.05) is 0 Å². The van der Waals surface area contributed by atoms with Crippen molar-refractivity contribution in [1.29, 1.82) is 0 Å². The van der Waals surface area contributed by atoms with Crippen molar-refractivity contribution in [3.05, 3.63) is 57.2 Å². The van der Waals surface area contributed by atoms with Crippen molar-refractivity contribution in [3.63, 3.8) is 0 Å². The third kappa shape index (κ3) is 4.70. The summed E-state index contributed by atoms with van der Waals surface area (Å²) in [6.45, 7) is 2.40. The zero-order chi connectivity index (χ0) is 19.4. The minimum Gasteiger partial charge on any atom is -0.493 e. The molecule has 0 bridgehead atoms.